The molecule has 0 saturated carbocycles. The fourth-order valence-corrected chi connectivity index (χ4v) is 1.54. The summed E-state index contributed by atoms with van der Waals surface area (Å²) in [5.74, 6) is -0.377. The molecule has 0 radical (unpaired) electrons. The largest absolute Gasteiger partial charge is 0.461 e. The highest BCUT2D eigenvalue weighted by molar-refractivity contribution is 5.36. The monoisotopic (exact) mass is 281 g/mol. The van der Waals surface area contributed by atoms with Gasteiger partial charge >= 0.3 is 12.5 Å². The van der Waals surface area contributed by atoms with Crippen LogP contribution in [0.1, 0.15) is 24.4 Å². The van der Waals surface area contributed by atoms with Crippen LogP contribution in [0.3, 0.4) is 0 Å². The second-order valence-corrected chi connectivity index (χ2v) is 3.97. The van der Waals surface area contributed by atoms with Crippen LogP contribution in [0.4, 0.5) is 17.6 Å². The minimum absolute atomic E-state index is 0.0933. The molecule has 0 aliphatic carbocycles. The van der Waals surface area contributed by atoms with Gasteiger partial charge in [-0.1, -0.05) is 18.2 Å². The Bertz CT molecular complexity index is 401. The number of halogens is 4. The molecule has 1 aromatic carbocycles. The van der Waals surface area contributed by atoms with Crippen molar-refractivity contribution in [1.29, 1.82) is 0 Å². The minimum atomic E-state index is -4.56. The van der Waals surface area contributed by atoms with Crippen LogP contribution < -0.4 is 10.5 Å². The molecular formula is C12H15F4NO2. The number of hydrogen-bond donors (Lipinski definition) is 2. The summed E-state index contributed by atoms with van der Waals surface area (Å²) in [6, 6.07) is 4.85. The van der Waals surface area contributed by atoms with E-state index in [1.54, 1.807) is 6.07 Å². The van der Waals surface area contributed by atoms with E-state index in [9.17, 15) is 17.6 Å². The van der Waals surface area contributed by atoms with Crippen molar-refractivity contribution in [3.8, 4) is 5.75 Å². The van der Waals surface area contributed by atoms with Gasteiger partial charge in [0.15, 0.2) is 0 Å². The van der Waals surface area contributed by atoms with Crippen molar-refractivity contribution < 1.29 is 27.4 Å². The van der Waals surface area contributed by atoms with E-state index in [0.717, 1.165) is 6.07 Å². The first-order valence-corrected chi connectivity index (χ1v) is 5.69. The van der Waals surface area contributed by atoms with Gasteiger partial charge in [0, 0.05) is 18.2 Å². The van der Waals surface area contributed by atoms with Crippen LogP contribution in [0.25, 0.3) is 0 Å². The molecule has 108 valence electrons. The molecule has 0 saturated heterocycles. The number of rotatable bonds is 7. The lowest BCUT2D eigenvalue weighted by atomic mass is 10.0. The number of benzene rings is 1. The SMILES string of the molecule is N[C@@H](CCCO)c1ccccc1OC(F)(F)C(F)F. The normalized spacial score (nSPS) is 13.6. The third-order valence-corrected chi connectivity index (χ3v) is 2.49. The molecular weight excluding hydrogens is 266 g/mol. The zero-order chi connectivity index (χ0) is 14.5. The van der Waals surface area contributed by atoms with Gasteiger partial charge in [0.25, 0.3) is 0 Å². The molecule has 0 fully saturated rings. The molecule has 3 nitrogen and oxygen atoms in total. The van der Waals surface area contributed by atoms with Crippen LogP contribution in [0.5, 0.6) is 5.75 Å². The van der Waals surface area contributed by atoms with Gasteiger partial charge in [-0.15, -0.1) is 0 Å². The van der Waals surface area contributed by atoms with Crippen molar-refractivity contribution in [1.82, 2.24) is 0 Å². The summed E-state index contributed by atoms with van der Waals surface area (Å²) in [7, 11) is 0. The summed E-state index contributed by atoms with van der Waals surface area (Å²) >= 11 is 0. The summed E-state index contributed by atoms with van der Waals surface area (Å²) in [6.07, 6.45) is -7.78. The van der Waals surface area contributed by atoms with Gasteiger partial charge in [0.05, 0.1) is 0 Å². The number of aliphatic hydroxyl groups is 1. The average Bonchev–Trinajstić information content (AvgIpc) is 2.36. The van der Waals surface area contributed by atoms with E-state index in [2.05, 4.69) is 4.74 Å². The van der Waals surface area contributed by atoms with Crippen LogP contribution in [0.2, 0.25) is 0 Å². The third kappa shape index (κ3) is 4.36. The summed E-state index contributed by atoms with van der Waals surface area (Å²) in [4.78, 5) is 0. The van der Waals surface area contributed by atoms with Crippen LogP contribution in [0, 0.1) is 0 Å². The highest BCUT2D eigenvalue weighted by Crippen LogP contribution is 2.32. The Labute approximate surface area is 108 Å². The summed E-state index contributed by atoms with van der Waals surface area (Å²) in [5.41, 5.74) is 5.96. The van der Waals surface area contributed by atoms with Gasteiger partial charge in [-0.2, -0.15) is 17.6 Å². The van der Waals surface area contributed by atoms with E-state index in [4.69, 9.17) is 10.8 Å². The first kappa shape index (κ1) is 15.7. The van der Waals surface area contributed by atoms with E-state index in [-0.39, 0.29) is 17.9 Å². The molecule has 0 spiro atoms. The zero-order valence-corrected chi connectivity index (χ0v) is 10.0. The Morgan fingerprint density at radius 3 is 2.47 bits per heavy atom. The predicted molar refractivity (Wildman–Crippen MR) is 61.3 cm³/mol. The lowest BCUT2D eigenvalue weighted by Gasteiger charge is -2.21. The summed E-state index contributed by atoms with van der Waals surface area (Å²) < 4.78 is 54.0. The van der Waals surface area contributed by atoms with Gasteiger partial charge in [0.2, 0.25) is 0 Å². The molecule has 1 atom stereocenters. The van der Waals surface area contributed by atoms with Crippen molar-refractivity contribution in [2.24, 2.45) is 5.73 Å². The van der Waals surface area contributed by atoms with Crippen molar-refractivity contribution in [3.05, 3.63) is 29.8 Å². The molecule has 7 heteroatoms. The quantitative estimate of drug-likeness (QED) is 0.755. The van der Waals surface area contributed by atoms with Gasteiger partial charge in [-0.25, -0.2) is 0 Å². The summed E-state index contributed by atoms with van der Waals surface area (Å²) in [6.45, 7) is -0.0933. The van der Waals surface area contributed by atoms with Crippen molar-refractivity contribution in [2.75, 3.05) is 6.61 Å². The fraction of sp³-hybridized carbons (Fsp3) is 0.500. The molecule has 1 rings (SSSR count). The molecule has 0 aliphatic heterocycles. The van der Waals surface area contributed by atoms with E-state index < -0.39 is 18.6 Å². The van der Waals surface area contributed by atoms with E-state index >= 15 is 0 Å². The lowest BCUT2D eigenvalue weighted by molar-refractivity contribution is -0.253. The molecule has 1 aromatic rings. The maximum atomic E-state index is 12.9. The van der Waals surface area contributed by atoms with E-state index in [1.165, 1.54) is 12.1 Å². The Morgan fingerprint density at radius 1 is 1.26 bits per heavy atom. The Morgan fingerprint density at radius 2 is 1.89 bits per heavy atom. The first-order chi connectivity index (χ1) is 8.88. The molecule has 0 unspecified atom stereocenters. The van der Waals surface area contributed by atoms with Gasteiger partial charge in [-0.05, 0) is 18.9 Å². The molecule has 19 heavy (non-hydrogen) atoms. The minimum Gasteiger partial charge on any atom is -0.428 e. The molecule has 0 aromatic heterocycles. The van der Waals surface area contributed by atoms with Crippen LogP contribution in [-0.4, -0.2) is 24.2 Å². The Balaban J connectivity index is 2.90. The molecule has 0 amide bonds. The molecule has 3 N–H and O–H groups in total. The smallest absolute Gasteiger partial charge is 0.428 e. The highest BCUT2D eigenvalue weighted by Gasteiger charge is 2.44. The number of para-hydroxylation sites is 1. The number of hydrogen-bond acceptors (Lipinski definition) is 3. The standard InChI is InChI=1S/C12H15F4NO2/c13-11(14)12(15,16)19-10-6-2-1-4-8(10)9(17)5-3-7-18/h1-2,4,6,9,11,18H,3,5,7,17H2/t9-/m0/s1. The van der Waals surface area contributed by atoms with Crippen LogP contribution >= 0.6 is 0 Å². The maximum Gasteiger partial charge on any atom is 0.461 e. The van der Waals surface area contributed by atoms with Crippen LogP contribution in [-0.2, 0) is 0 Å². The van der Waals surface area contributed by atoms with Crippen molar-refractivity contribution in [3.63, 3.8) is 0 Å². The predicted octanol–water partition coefficient (Wildman–Crippen LogP) is 2.70. The summed E-state index contributed by atoms with van der Waals surface area (Å²) in [5, 5.41) is 8.68. The Hall–Kier alpha value is -1.34. The topological polar surface area (TPSA) is 55.5 Å². The van der Waals surface area contributed by atoms with Gasteiger partial charge < -0.3 is 15.6 Å². The second-order valence-electron chi connectivity index (χ2n) is 3.97. The van der Waals surface area contributed by atoms with Gasteiger partial charge in [0.1, 0.15) is 5.75 Å². The third-order valence-electron chi connectivity index (χ3n) is 2.49. The van der Waals surface area contributed by atoms with Crippen molar-refractivity contribution in [2.45, 2.75) is 31.4 Å². The zero-order valence-electron chi connectivity index (χ0n) is 10.0. The highest BCUT2D eigenvalue weighted by atomic mass is 19.3. The molecule has 0 bridgehead atoms. The van der Waals surface area contributed by atoms with E-state index in [1.807, 2.05) is 0 Å². The number of nitrogens with two attached hydrogens (primary N) is 1. The fourth-order valence-electron chi connectivity index (χ4n) is 1.54. The van der Waals surface area contributed by atoms with Crippen molar-refractivity contribution >= 4 is 0 Å². The maximum absolute atomic E-state index is 12.9. The number of aliphatic hydroxyl groups excluding tert-OH is 1. The Kier molecular flexibility index (Phi) is 5.56. The van der Waals surface area contributed by atoms with Crippen LogP contribution in [0.15, 0.2) is 24.3 Å². The number of ether oxygens (including phenoxy) is 1. The van der Waals surface area contributed by atoms with E-state index in [0.29, 0.717) is 12.8 Å². The number of alkyl halides is 4. The lowest BCUT2D eigenvalue weighted by Crippen LogP contribution is -2.34. The second kappa shape index (κ2) is 6.72. The average molecular weight is 281 g/mol. The molecule has 0 aliphatic rings. The molecule has 0 heterocycles. The van der Waals surface area contributed by atoms with Gasteiger partial charge in [-0.3, -0.25) is 0 Å². The first-order valence-electron chi connectivity index (χ1n) is 5.69.